The Morgan fingerprint density at radius 2 is 1.83 bits per heavy atom. The van der Waals surface area contributed by atoms with Gasteiger partial charge in [-0.1, -0.05) is 12.8 Å². The quantitative estimate of drug-likeness (QED) is 0.882. The van der Waals surface area contributed by atoms with Gasteiger partial charge in [0, 0.05) is 18.3 Å². The molecule has 2 fully saturated rings. The van der Waals surface area contributed by atoms with Gasteiger partial charge in [0.2, 0.25) is 10.0 Å². The average Bonchev–Trinajstić information content (AvgIpc) is 3.14. The molecule has 2 aliphatic rings. The van der Waals surface area contributed by atoms with Gasteiger partial charge in [0.1, 0.15) is 10.6 Å². The largest absolute Gasteiger partial charge is 0.353 e. The Morgan fingerprint density at radius 3 is 2.39 bits per heavy atom. The maximum atomic E-state index is 13.0. The third-order valence-electron chi connectivity index (χ3n) is 5.37. The lowest BCUT2D eigenvalue weighted by Gasteiger charge is -2.29. The van der Waals surface area contributed by atoms with Gasteiger partial charge in [0.15, 0.2) is 0 Å². The molecule has 1 amide bonds. The molecule has 1 aliphatic heterocycles. The summed E-state index contributed by atoms with van der Waals surface area (Å²) >= 11 is 0. The summed E-state index contributed by atoms with van der Waals surface area (Å²) in [5.41, 5.74) is 1.24. The number of amides is 1. The lowest BCUT2D eigenvalue weighted by molar-refractivity contribution is 0.0683. The van der Waals surface area contributed by atoms with E-state index < -0.39 is 10.0 Å². The number of hydrogen-bond donors (Lipinski definition) is 2. The number of carbonyl (C=O) groups is 1. The molecule has 1 saturated heterocycles. The number of primary sulfonamides is 1. The van der Waals surface area contributed by atoms with Crippen molar-refractivity contribution in [2.45, 2.75) is 63.3 Å². The molecule has 0 bridgehead atoms. The maximum absolute atomic E-state index is 13.0. The van der Waals surface area contributed by atoms with Crippen LogP contribution in [0.5, 0.6) is 0 Å². The summed E-state index contributed by atoms with van der Waals surface area (Å²) in [5, 5.41) is 5.28. The fourth-order valence-corrected chi connectivity index (χ4v) is 5.40. The summed E-state index contributed by atoms with van der Waals surface area (Å²) < 4.78 is 23.5. The van der Waals surface area contributed by atoms with Crippen molar-refractivity contribution in [1.29, 1.82) is 0 Å². The first-order valence-electron chi connectivity index (χ1n) is 8.33. The lowest BCUT2D eigenvalue weighted by atomic mass is 9.96. The highest BCUT2D eigenvalue weighted by atomic mass is 32.2. The molecule has 2 heterocycles. The van der Waals surface area contributed by atoms with E-state index in [4.69, 9.17) is 5.14 Å². The number of H-pyrrole nitrogens is 1. The van der Waals surface area contributed by atoms with Crippen molar-refractivity contribution in [1.82, 2.24) is 9.88 Å². The van der Waals surface area contributed by atoms with Crippen LogP contribution in [0, 0.1) is 19.8 Å². The zero-order valence-corrected chi connectivity index (χ0v) is 14.6. The first kappa shape index (κ1) is 16.5. The van der Waals surface area contributed by atoms with Crippen LogP contribution in [0.3, 0.4) is 0 Å². The Kier molecular flexibility index (Phi) is 4.27. The zero-order valence-electron chi connectivity index (χ0n) is 13.8. The summed E-state index contributed by atoms with van der Waals surface area (Å²) in [6.07, 6.45) is 6.96. The zero-order chi connectivity index (χ0) is 16.8. The minimum Gasteiger partial charge on any atom is -0.353 e. The number of aromatic amines is 1. The molecular formula is C16H25N3O3S. The molecule has 23 heavy (non-hydrogen) atoms. The van der Waals surface area contributed by atoms with Gasteiger partial charge >= 0.3 is 0 Å². The maximum Gasteiger partial charge on any atom is 0.270 e. The van der Waals surface area contributed by atoms with E-state index in [1.165, 1.54) is 25.7 Å². The molecule has 0 radical (unpaired) electrons. The summed E-state index contributed by atoms with van der Waals surface area (Å²) in [7, 11) is -3.83. The molecule has 1 aromatic heterocycles. The Hall–Kier alpha value is -1.34. The Labute approximate surface area is 137 Å². The SMILES string of the molecule is Cc1[nH]c(C(=O)N2CCC[C@H]2C2CCCC2)c(C)c1S(N)(=O)=O. The van der Waals surface area contributed by atoms with Crippen LogP contribution >= 0.6 is 0 Å². The molecule has 0 unspecified atom stereocenters. The molecule has 1 aliphatic carbocycles. The van der Waals surface area contributed by atoms with Crippen LogP contribution < -0.4 is 5.14 Å². The highest BCUT2D eigenvalue weighted by Gasteiger charge is 2.37. The Morgan fingerprint density at radius 1 is 1.17 bits per heavy atom. The predicted molar refractivity (Wildman–Crippen MR) is 87.7 cm³/mol. The van der Waals surface area contributed by atoms with Crippen LogP contribution in [0.2, 0.25) is 0 Å². The Bertz CT molecular complexity index is 717. The van der Waals surface area contributed by atoms with E-state index in [2.05, 4.69) is 4.98 Å². The normalized spacial score (nSPS) is 22.9. The second-order valence-electron chi connectivity index (χ2n) is 6.88. The number of carbonyl (C=O) groups excluding carboxylic acids is 1. The van der Waals surface area contributed by atoms with Crippen molar-refractivity contribution < 1.29 is 13.2 Å². The number of hydrogen-bond acceptors (Lipinski definition) is 3. The number of likely N-dealkylation sites (tertiary alicyclic amines) is 1. The molecule has 128 valence electrons. The van der Waals surface area contributed by atoms with Crippen LogP contribution in [0.15, 0.2) is 4.90 Å². The van der Waals surface area contributed by atoms with E-state index in [0.29, 0.717) is 28.9 Å². The third-order valence-corrected chi connectivity index (χ3v) is 6.55. The van der Waals surface area contributed by atoms with E-state index in [0.717, 1.165) is 19.4 Å². The molecule has 6 nitrogen and oxygen atoms in total. The molecule has 1 atom stereocenters. The van der Waals surface area contributed by atoms with Crippen molar-refractivity contribution in [2.75, 3.05) is 6.54 Å². The first-order valence-corrected chi connectivity index (χ1v) is 9.88. The van der Waals surface area contributed by atoms with E-state index in [1.54, 1.807) is 13.8 Å². The monoisotopic (exact) mass is 339 g/mol. The van der Waals surface area contributed by atoms with E-state index in [9.17, 15) is 13.2 Å². The average molecular weight is 339 g/mol. The second-order valence-corrected chi connectivity index (χ2v) is 8.38. The fourth-order valence-electron chi connectivity index (χ4n) is 4.39. The van der Waals surface area contributed by atoms with Crippen LogP contribution in [0.1, 0.15) is 60.3 Å². The van der Waals surface area contributed by atoms with Gasteiger partial charge < -0.3 is 9.88 Å². The number of nitrogens with zero attached hydrogens (tertiary/aromatic N) is 1. The number of rotatable bonds is 3. The van der Waals surface area contributed by atoms with E-state index in [1.807, 2.05) is 4.90 Å². The molecule has 3 rings (SSSR count). The molecule has 1 aromatic rings. The highest BCUT2D eigenvalue weighted by Crippen LogP contribution is 2.36. The lowest BCUT2D eigenvalue weighted by Crippen LogP contribution is -2.39. The Balaban J connectivity index is 1.91. The summed E-state index contributed by atoms with van der Waals surface area (Å²) in [5.74, 6) is 0.505. The fraction of sp³-hybridized carbons (Fsp3) is 0.688. The number of aromatic nitrogens is 1. The smallest absolute Gasteiger partial charge is 0.270 e. The standard InChI is InChI=1S/C16H25N3O3S/c1-10-14(18-11(2)15(10)23(17,21)22)16(20)19-9-5-8-13(19)12-6-3-4-7-12/h12-13,18H,3-9H2,1-2H3,(H2,17,21,22)/t13-/m0/s1. The van der Waals surface area contributed by atoms with Crippen molar-refractivity contribution in [3.8, 4) is 0 Å². The van der Waals surface area contributed by atoms with Gasteiger partial charge in [0.05, 0.1) is 0 Å². The number of nitrogens with one attached hydrogen (secondary N) is 1. The third kappa shape index (κ3) is 2.92. The summed E-state index contributed by atoms with van der Waals surface area (Å²) in [4.78, 5) is 17.9. The molecule has 1 saturated carbocycles. The van der Waals surface area contributed by atoms with Crippen LogP contribution in [0.25, 0.3) is 0 Å². The molecule has 7 heteroatoms. The van der Waals surface area contributed by atoms with Gasteiger partial charge in [-0.05, 0) is 51.0 Å². The topological polar surface area (TPSA) is 96.3 Å². The molecule has 3 N–H and O–H groups in total. The number of nitrogens with two attached hydrogens (primary N) is 1. The van der Waals surface area contributed by atoms with E-state index >= 15 is 0 Å². The summed E-state index contributed by atoms with van der Waals surface area (Å²) in [6.45, 7) is 4.04. The van der Waals surface area contributed by atoms with Crippen LogP contribution in [0.4, 0.5) is 0 Å². The first-order chi connectivity index (χ1) is 10.8. The molecule has 0 spiro atoms. The van der Waals surface area contributed by atoms with Crippen molar-refractivity contribution in [2.24, 2.45) is 11.1 Å². The highest BCUT2D eigenvalue weighted by molar-refractivity contribution is 7.89. The predicted octanol–water partition coefficient (Wildman–Crippen LogP) is 2.07. The van der Waals surface area contributed by atoms with E-state index in [-0.39, 0.29) is 10.8 Å². The van der Waals surface area contributed by atoms with Gasteiger partial charge in [0.25, 0.3) is 5.91 Å². The second kappa shape index (κ2) is 5.94. The minimum atomic E-state index is -3.83. The number of sulfonamides is 1. The molecular weight excluding hydrogens is 314 g/mol. The van der Waals surface area contributed by atoms with Crippen molar-refractivity contribution in [3.05, 3.63) is 17.0 Å². The van der Waals surface area contributed by atoms with Crippen molar-refractivity contribution >= 4 is 15.9 Å². The minimum absolute atomic E-state index is 0.0532. The van der Waals surface area contributed by atoms with Crippen molar-refractivity contribution in [3.63, 3.8) is 0 Å². The van der Waals surface area contributed by atoms with Gasteiger partial charge in [-0.2, -0.15) is 0 Å². The summed E-state index contributed by atoms with van der Waals surface area (Å²) in [6, 6.07) is 0.297. The van der Waals surface area contributed by atoms with Gasteiger partial charge in [-0.25, -0.2) is 13.6 Å². The van der Waals surface area contributed by atoms with Gasteiger partial charge in [-0.15, -0.1) is 0 Å². The molecule has 0 aromatic carbocycles. The van der Waals surface area contributed by atoms with Crippen LogP contribution in [-0.2, 0) is 10.0 Å². The number of aryl methyl sites for hydroxylation is 1. The van der Waals surface area contributed by atoms with Gasteiger partial charge in [-0.3, -0.25) is 4.79 Å². The van der Waals surface area contributed by atoms with Crippen LogP contribution in [-0.4, -0.2) is 36.8 Å².